The van der Waals surface area contributed by atoms with Crippen molar-refractivity contribution in [2.75, 3.05) is 13.1 Å². The van der Waals surface area contributed by atoms with Gasteiger partial charge in [-0.05, 0) is 49.3 Å². The van der Waals surface area contributed by atoms with Gasteiger partial charge in [0.1, 0.15) is 0 Å². The van der Waals surface area contributed by atoms with Crippen LogP contribution in [-0.4, -0.2) is 25.0 Å². The Balaban J connectivity index is 1.95. The van der Waals surface area contributed by atoms with Crippen molar-refractivity contribution < 1.29 is 4.79 Å². The maximum Gasteiger partial charge on any atom is 0.248 e. The van der Waals surface area contributed by atoms with Gasteiger partial charge in [-0.2, -0.15) is 0 Å². The third-order valence-electron chi connectivity index (χ3n) is 5.05. The zero-order valence-electron chi connectivity index (χ0n) is 14.9. The second-order valence-corrected chi connectivity index (χ2v) is 6.67. The van der Waals surface area contributed by atoms with Crippen LogP contribution in [0.25, 0.3) is 0 Å². The van der Waals surface area contributed by atoms with Crippen LogP contribution in [0, 0.1) is 5.41 Å². The van der Waals surface area contributed by atoms with Crippen molar-refractivity contribution in [2.45, 2.75) is 52.5 Å². The quantitative estimate of drug-likeness (QED) is 0.531. The van der Waals surface area contributed by atoms with Crippen LogP contribution < -0.4 is 16.4 Å². The van der Waals surface area contributed by atoms with E-state index >= 15 is 0 Å². The molecule has 4 N–H and O–H groups in total. The molecule has 0 bridgehead atoms. The first-order valence-electron chi connectivity index (χ1n) is 8.99. The maximum absolute atomic E-state index is 11.1. The fourth-order valence-electron chi connectivity index (χ4n) is 3.34. The van der Waals surface area contributed by atoms with E-state index in [1.165, 1.54) is 32.1 Å². The number of hydrogen-bond acceptors (Lipinski definition) is 2. The summed E-state index contributed by atoms with van der Waals surface area (Å²) >= 11 is 0. The molecule has 5 nitrogen and oxygen atoms in total. The minimum absolute atomic E-state index is 0.401. The lowest BCUT2D eigenvalue weighted by molar-refractivity contribution is 0.100. The molecule has 0 atom stereocenters. The largest absolute Gasteiger partial charge is 0.366 e. The highest BCUT2D eigenvalue weighted by molar-refractivity contribution is 5.92. The summed E-state index contributed by atoms with van der Waals surface area (Å²) in [5.74, 6) is 0.456. The van der Waals surface area contributed by atoms with Crippen LogP contribution in [-0.2, 0) is 6.54 Å². The molecule has 0 radical (unpaired) electrons. The van der Waals surface area contributed by atoms with E-state index in [9.17, 15) is 4.79 Å². The molecule has 1 amide bonds. The average molecular weight is 330 g/mol. The van der Waals surface area contributed by atoms with Gasteiger partial charge < -0.3 is 16.4 Å². The van der Waals surface area contributed by atoms with Gasteiger partial charge in [0.25, 0.3) is 0 Å². The second kappa shape index (κ2) is 8.71. The number of benzene rings is 1. The van der Waals surface area contributed by atoms with Crippen molar-refractivity contribution in [3.05, 3.63) is 35.4 Å². The first kappa shape index (κ1) is 18.3. The molecule has 0 aliphatic heterocycles. The number of carbonyl (C=O) groups excluding carboxylic acids is 1. The van der Waals surface area contributed by atoms with Crippen LogP contribution >= 0.6 is 0 Å². The molecule has 5 heteroatoms. The van der Waals surface area contributed by atoms with Gasteiger partial charge in [-0.3, -0.25) is 4.79 Å². The predicted molar refractivity (Wildman–Crippen MR) is 99.0 cm³/mol. The zero-order valence-corrected chi connectivity index (χ0v) is 14.9. The molecule has 1 saturated carbocycles. The van der Waals surface area contributed by atoms with Gasteiger partial charge in [-0.1, -0.05) is 31.9 Å². The summed E-state index contributed by atoms with van der Waals surface area (Å²) in [6.45, 7) is 6.76. The molecule has 1 aromatic rings. The lowest BCUT2D eigenvalue weighted by Crippen LogP contribution is -2.42. The molecule has 1 aliphatic rings. The molecule has 2 rings (SSSR count). The Kier molecular flexibility index (Phi) is 6.64. The highest BCUT2D eigenvalue weighted by atomic mass is 16.1. The molecule has 0 spiro atoms. The van der Waals surface area contributed by atoms with Crippen LogP contribution in [0.4, 0.5) is 0 Å². The summed E-state index contributed by atoms with van der Waals surface area (Å²) in [5.41, 5.74) is 7.28. The van der Waals surface area contributed by atoms with Crippen LogP contribution in [0.5, 0.6) is 0 Å². The fraction of sp³-hybridized carbons (Fsp3) is 0.579. The SMILES string of the molecule is CCNC(=NCc1ccc(C(N)=O)cc1)NCC1(CC)CCCC1. The van der Waals surface area contributed by atoms with E-state index in [4.69, 9.17) is 5.73 Å². The van der Waals surface area contributed by atoms with Crippen LogP contribution in [0.3, 0.4) is 0 Å². The smallest absolute Gasteiger partial charge is 0.248 e. The first-order chi connectivity index (χ1) is 11.6. The molecule has 0 heterocycles. The van der Waals surface area contributed by atoms with Crippen molar-refractivity contribution in [3.63, 3.8) is 0 Å². The van der Waals surface area contributed by atoms with E-state index in [0.717, 1.165) is 24.6 Å². The van der Waals surface area contributed by atoms with Crippen molar-refractivity contribution in [1.29, 1.82) is 0 Å². The Labute approximate surface area is 145 Å². The number of rotatable bonds is 7. The van der Waals surface area contributed by atoms with Gasteiger partial charge >= 0.3 is 0 Å². The van der Waals surface area contributed by atoms with E-state index in [2.05, 4.69) is 29.5 Å². The number of carbonyl (C=O) groups is 1. The number of guanidine groups is 1. The van der Waals surface area contributed by atoms with Crippen molar-refractivity contribution in [2.24, 2.45) is 16.1 Å². The number of aliphatic imine (C=N–C) groups is 1. The molecule has 0 saturated heterocycles. The summed E-state index contributed by atoms with van der Waals surface area (Å²) < 4.78 is 0. The first-order valence-corrected chi connectivity index (χ1v) is 8.99. The summed E-state index contributed by atoms with van der Waals surface area (Å²) in [5, 5.41) is 6.83. The minimum Gasteiger partial charge on any atom is -0.366 e. The summed E-state index contributed by atoms with van der Waals surface area (Å²) in [7, 11) is 0. The fourth-order valence-corrected chi connectivity index (χ4v) is 3.34. The molecular weight excluding hydrogens is 300 g/mol. The van der Waals surface area contributed by atoms with Gasteiger partial charge in [-0.15, -0.1) is 0 Å². The third kappa shape index (κ3) is 4.98. The Morgan fingerprint density at radius 2 is 1.83 bits per heavy atom. The van der Waals surface area contributed by atoms with Crippen molar-refractivity contribution in [1.82, 2.24) is 10.6 Å². The zero-order chi connectivity index (χ0) is 17.4. The number of amides is 1. The molecule has 1 fully saturated rings. The highest BCUT2D eigenvalue weighted by Gasteiger charge is 2.31. The number of nitrogens with zero attached hydrogens (tertiary/aromatic N) is 1. The van der Waals surface area contributed by atoms with E-state index < -0.39 is 5.91 Å². The molecule has 0 aromatic heterocycles. The van der Waals surface area contributed by atoms with Crippen molar-refractivity contribution >= 4 is 11.9 Å². The average Bonchev–Trinajstić information content (AvgIpc) is 3.07. The lowest BCUT2D eigenvalue weighted by Gasteiger charge is -2.28. The standard InChI is InChI=1S/C19H30N4O/c1-3-19(11-5-6-12-19)14-23-18(21-4-2)22-13-15-7-9-16(10-8-15)17(20)24/h7-10H,3-6,11-14H2,1-2H3,(H2,20,24)(H2,21,22,23). The predicted octanol–water partition coefficient (Wildman–Crippen LogP) is 2.81. The number of primary amides is 1. The van der Waals surface area contributed by atoms with Gasteiger partial charge in [0.15, 0.2) is 5.96 Å². The highest BCUT2D eigenvalue weighted by Crippen LogP contribution is 2.40. The van der Waals surface area contributed by atoms with Crippen LogP contribution in [0.15, 0.2) is 29.3 Å². The summed E-state index contributed by atoms with van der Waals surface area (Å²) in [4.78, 5) is 15.8. The van der Waals surface area contributed by atoms with E-state index in [0.29, 0.717) is 17.5 Å². The van der Waals surface area contributed by atoms with Crippen molar-refractivity contribution in [3.8, 4) is 0 Å². The number of hydrogen-bond donors (Lipinski definition) is 3. The summed E-state index contributed by atoms with van der Waals surface area (Å²) in [6.07, 6.45) is 6.52. The third-order valence-corrected chi connectivity index (χ3v) is 5.05. The Bertz CT molecular complexity index is 559. The van der Waals surface area contributed by atoms with E-state index in [1.807, 2.05) is 12.1 Å². The van der Waals surface area contributed by atoms with Crippen LogP contribution in [0.2, 0.25) is 0 Å². The molecule has 0 unspecified atom stereocenters. The molecule has 24 heavy (non-hydrogen) atoms. The normalized spacial score (nSPS) is 16.8. The topological polar surface area (TPSA) is 79.5 Å². The molecule has 132 valence electrons. The molecule has 1 aliphatic carbocycles. The Hall–Kier alpha value is -2.04. The summed E-state index contributed by atoms with van der Waals surface area (Å²) in [6, 6.07) is 7.30. The molecule has 1 aromatic carbocycles. The maximum atomic E-state index is 11.1. The Morgan fingerprint density at radius 1 is 1.17 bits per heavy atom. The number of nitrogens with two attached hydrogens (primary N) is 1. The molecular formula is C19H30N4O. The Morgan fingerprint density at radius 3 is 2.38 bits per heavy atom. The minimum atomic E-state index is -0.401. The van der Waals surface area contributed by atoms with Gasteiger partial charge in [0.2, 0.25) is 5.91 Å². The monoisotopic (exact) mass is 330 g/mol. The van der Waals surface area contributed by atoms with Gasteiger partial charge in [0.05, 0.1) is 6.54 Å². The van der Waals surface area contributed by atoms with Crippen LogP contribution in [0.1, 0.15) is 61.9 Å². The van der Waals surface area contributed by atoms with E-state index in [-0.39, 0.29) is 0 Å². The van der Waals surface area contributed by atoms with Gasteiger partial charge in [-0.25, -0.2) is 4.99 Å². The number of nitrogens with one attached hydrogen (secondary N) is 2. The van der Waals surface area contributed by atoms with E-state index in [1.54, 1.807) is 12.1 Å². The van der Waals surface area contributed by atoms with Gasteiger partial charge in [0, 0.05) is 18.7 Å². The lowest BCUT2D eigenvalue weighted by atomic mass is 9.83. The second-order valence-electron chi connectivity index (χ2n) is 6.67.